The number of benzene rings is 2. The quantitative estimate of drug-likeness (QED) is 0.470. The summed E-state index contributed by atoms with van der Waals surface area (Å²) < 4.78 is 38.8. The smallest absolute Gasteiger partial charge is 0.262 e. The lowest BCUT2D eigenvalue weighted by atomic mass is 10.2. The number of anilines is 1. The molecule has 0 spiro atoms. The van der Waals surface area contributed by atoms with Crippen molar-refractivity contribution in [1.29, 1.82) is 0 Å². The van der Waals surface area contributed by atoms with Crippen LogP contribution in [0.5, 0.6) is 11.6 Å². The summed E-state index contributed by atoms with van der Waals surface area (Å²) in [5.74, 6) is 0.497. The highest BCUT2D eigenvalue weighted by atomic mass is 35.5. The third-order valence-electron chi connectivity index (χ3n) is 3.69. The number of aromatic nitrogens is 1. The molecule has 0 aliphatic carbocycles. The van der Waals surface area contributed by atoms with Crippen LogP contribution in [0.25, 0.3) is 0 Å². The maximum absolute atomic E-state index is 12.8. The molecule has 2 aromatic carbocycles. The summed E-state index contributed by atoms with van der Waals surface area (Å²) in [5.41, 5.74) is 0.956. The minimum absolute atomic E-state index is 0.0348. The van der Waals surface area contributed by atoms with E-state index < -0.39 is 10.0 Å². The van der Waals surface area contributed by atoms with Crippen LogP contribution in [0, 0.1) is 0 Å². The average molecular weight is 474 g/mol. The third kappa shape index (κ3) is 5.52. The Morgan fingerprint density at radius 1 is 1.03 bits per heavy atom. The van der Waals surface area contributed by atoms with Crippen molar-refractivity contribution in [3.8, 4) is 11.6 Å². The van der Waals surface area contributed by atoms with Crippen molar-refractivity contribution in [2.45, 2.75) is 11.5 Å². The van der Waals surface area contributed by atoms with E-state index in [1.807, 2.05) is 6.07 Å². The number of methoxy groups -OCH3 is 1. The maximum Gasteiger partial charge on any atom is 0.262 e. The number of hydrogen-bond acceptors (Lipinski definition) is 5. The number of halogens is 3. The van der Waals surface area contributed by atoms with Gasteiger partial charge in [-0.2, -0.15) is 0 Å². The van der Waals surface area contributed by atoms with Gasteiger partial charge in [0.1, 0.15) is 11.4 Å². The van der Waals surface area contributed by atoms with Gasteiger partial charge in [0.2, 0.25) is 5.88 Å². The van der Waals surface area contributed by atoms with Crippen molar-refractivity contribution in [3.05, 3.63) is 75.4 Å². The van der Waals surface area contributed by atoms with Gasteiger partial charge in [-0.05, 0) is 42.0 Å². The molecule has 0 fully saturated rings. The van der Waals surface area contributed by atoms with Gasteiger partial charge >= 0.3 is 0 Å². The Morgan fingerprint density at radius 3 is 2.55 bits per heavy atom. The molecule has 1 N–H and O–H groups in total. The molecule has 0 saturated carbocycles. The molecule has 0 saturated heterocycles. The van der Waals surface area contributed by atoms with Crippen LogP contribution in [0.3, 0.4) is 0 Å². The van der Waals surface area contributed by atoms with Crippen molar-refractivity contribution in [3.63, 3.8) is 0 Å². The molecule has 1 aromatic heterocycles. The van der Waals surface area contributed by atoms with Crippen molar-refractivity contribution < 1.29 is 17.9 Å². The molecule has 0 radical (unpaired) electrons. The molecule has 152 valence electrons. The van der Waals surface area contributed by atoms with Crippen molar-refractivity contribution >= 4 is 50.5 Å². The average Bonchev–Trinajstić information content (AvgIpc) is 2.66. The molecule has 0 aliphatic heterocycles. The molecule has 0 aliphatic rings. The second kappa shape index (κ2) is 9.19. The lowest BCUT2D eigenvalue weighted by Gasteiger charge is -2.14. The summed E-state index contributed by atoms with van der Waals surface area (Å²) in [7, 11) is -2.41. The van der Waals surface area contributed by atoms with Gasteiger partial charge in [0.25, 0.3) is 10.0 Å². The first kappa shape index (κ1) is 21.7. The van der Waals surface area contributed by atoms with Crippen LogP contribution >= 0.6 is 34.8 Å². The van der Waals surface area contributed by atoms with Crippen LogP contribution in [0.15, 0.2) is 59.6 Å². The fourth-order valence-corrected chi connectivity index (χ4v) is 4.00. The predicted molar refractivity (Wildman–Crippen MR) is 114 cm³/mol. The SMILES string of the molecule is COCc1cccc(Oc2ncc(Cl)cc2NS(=O)(=O)c2ccc(Cl)c(Cl)c2)c1. The van der Waals surface area contributed by atoms with Gasteiger partial charge in [-0.15, -0.1) is 0 Å². The van der Waals surface area contributed by atoms with Crippen LogP contribution in [0.1, 0.15) is 5.56 Å². The van der Waals surface area contributed by atoms with Gasteiger partial charge < -0.3 is 9.47 Å². The fraction of sp³-hybridized carbons (Fsp3) is 0.105. The minimum Gasteiger partial charge on any atom is -0.437 e. The van der Waals surface area contributed by atoms with Crippen LogP contribution < -0.4 is 9.46 Å². The Labute approximate surface area is 183 Å². The van der Waals surface area contributed by atoms with Gasteiger partial charge in [0, 0.05) is 13.3 Å². The van der Waals surface area contributed by atoms with E-state index in [9.17, 15) is 8.42 Å². The Balaban J connectivity index is 1.92. The van der Waals surface area contributed by atoms with Crippen LogP contribution in [0.2, 0.25) is 15.1 Å². The van der Waals surface area contributed by atoms with Gasteiger partial charge in [-0.1, -0.05) is 46.9 Å². The second-order valence-electron chi connectivity index (χ2n) is 5.87. The van der Waals surface area contributed by atoms with E-state index >= 15 is 0 Å². The molecule has 3 rings (SSSR count). The van der Waals surface area contributed by atoms with Gasteiger partial charge in [-0.25, -0.2) is 13.4 Å². The van der Waals surface area contributed by atoms with Crippen molar-refractivity contribution in [1.82, 2.24) is 4.98 Å². The Kier molecular flexibility index (Phi) is 6.87. The summed E-state index contributed by atoms with van der Waals surface area (Å²) >= 11 is 17.8. The monoisotopic (exact) mass is 472 g/mol. The molecule has 6 nitrogen and oxygen atoms in total. The molecule has 29 heavy (non-hydrogen) atoms. The molecule has 0 amide bonds. The second-order valence-corrected chi connectivity index (χ2v) is 8.80. The van der Waals surface area contributed by atoms with Gasteiger partial charge in [0.05, 0.1) is 26.6 Å². The first-order chi connectivity index (χ1) is 13.8. The molecule has 3 aromatic rings. The number of nitrogens with zero attached hydrogens (tertiary/aromatic N) is 1. The van der Waals surface area contributed by atoms with Crippen molar-refractivity contribution in [2.75, 3.05) is 11.8 Å². The first-order valence-corrected chi connectivity index (χ1v) is 10.8. The van der Waals surface area contributed by atoms with Crippen LogP contribution in [0.4, 0.5) is 5.69 Å². The Hall–Kier alpha value is -2.03. The number of nitrogens with one attached hydrogen (secondary N) is 1. The molecule has 10 heteroatoms. The lowest BCUT2D eigenvalue weighted by Crippen LogP contribution is -2.14. The van der Waals surface area contributed by atoms with Gasteiger partial charge in [-0.3, -0.25) is 4.72 Å². The summed E-state index contributed by atoms with van der Waals surface area (Å²) in [6, 6.07) is 12.5. The number of pyridine rings is 1. The molecule has 0 unspecified atom stereocenters. The first-order valence-electron chi connectivity index (χ1n) is 8.17. The maximum atomic E-state index is 12.8. The van der Waals surface area contributed by atoms with E-state index in [-0.39, 0.29) is 31.5 Å². The standard InChI is InChI=1S/C19H15Cl3N2O4S/c1-27-11-12-3-2-4-14(7-12)28-19-18(8-13(20)10-23-19)24-29(25,26)15-5-6-16(21)17(22)9-15/h2-10,24H,11H2,1H3. The van der Waals surface area contributed by atoms with E-state index in [4.69, 9.17) is 44.3 Å². The molecule has 1 heterocycles. The third-order valence-corrected chi connectivity index (χ3v) is 6.00. The molecule has 0 bridgehead atoms. The topological polar surface area (TPSA) is 77.5 Å². The number of hydrogen-bond donors (Lipinski definition) is 1. The Bertz CT molecular complexity index is 1140. The zero-order valence-corrected chi connectivity index (χ0v) is 18.1. The summed E-state index contributed by atoms with van der Waals surface area (Å²) in [6.07, 6.45) is 1.35. The highest BCUT2D eigenvalue weighted by Gasteiger charge is 2.19. The summed E-state index contributed by atoms with van der Waals surface area (Å²) in [4.78, 5) is 4.03. The molecular weight excluding hydrogens is 459 g/mol. The van der Waals surface area contributed by atoms with E-state index in [0.29, 0.717) is 12.4 Å². The van der Waals surface area contributed by atoms with Gasteiger partial charge in [0.15, 0.2) is 0 Å². The predicted octanol–water partition coefficient (Wildman–Crippen LogP) is 5.78. The minimum atomic E-state index is -3.99. The summed E-state index contributed by atoms with van der Waals surface area (Å²) in [5, 5.41) is 0.595. The number of rotatable bonds is 7. The highest BCUT2D eigenvalue weighted by molar-refractivity contribution is 7.92. The van der Waals surface area contributed by atoms with E-state index in [1.165, 1.54) is 30.5 Å². The van der Waals surface area contributed by atoms with Crippen LogP contribution in [-0.2, 0) is 21.4 Å². The number of ether oxygens (including phenoxy) is 2. The van der Waals surface area contributed by atoms with Crippen LogP contribution in [-0.4, -0.2) is 20.5 Å². The lowest BCUT2D eigenvalue weighted by molar-refractivity contribution is 0.184. The van der Waals surface area contributed by atoms with Crippen molar-refractivity contribution in [2.24, 2.45) is 0 Å². The molecular formula is C19H15Cl3N2O4S. The largest absolute Gasteiger partial charge is 0.437 e. The number of sulfonamides is 1. The zero-order chi connectivity index (χ0) is 21.0. The highest BCUT2D eigenvalue weighted by Crippen LogP contribution is 2.32. The zero-order valence-electron chi connectivity index (χ0n) is 15.0. The Morgan fingerprint density at radius 2 is 1.83 bits per heavy atom. The van der Waals surface area contributed by atoms with E-state index in [0.717, 1.165) is 5.56 Å². The fourth-order valence-electron chi connectivity index (χ4n) is 2.41. The van der Waals surface area contributed by atoms with E-state index in [2.05, 4.69) is 9.71 Å². The molecule has 0 atom stereocenters. The normalized spacial score (nSPS) is 11.3. The summed E-state index contributed by atoms with van der Waals surface area (Å²) in [6.45, 7) is 0.405. The van der Waals surface area contributed by atoms with E-state index in [1.54, 1.807) is 25.3 Å².